The van der Waals surface area contributed by atoms with Gasteiger partial charge in [0.05, 0.1) is 0 Å². The highest BCUT2D eigenvalue weighted by molar-refractivity contribution is 8.01. The summed E-state index contributed by atoms with van der Waals surface area (Å²) in [6, 6.07) is -1.59. The SMILES string of the molecule is CC1(C)SC2C(NC(=O)CCCCC(=O)O)C(=O)N2C1C(=O)O. The molecule has 2 aliphatic rings. The highest BCUT2D eigenvalue weighted by Crippen LogP contribution is 2.50. The van der Waals surface area contributed by atoms with Gasteiger partial charge < -0.3 is 20.4 Å². The first kappa shape index (κ1) is 17.6. The highest BCUT2D eigenvalue weighted by Gasteiger charge is 2.64. The predicted molar refractivity (Wildman–Crippen MR) is 81.8 cm³/mol. The van der Waals surface area contributed by atoms with E-state index in [9.17, 15) is 24.3 Å². The first-order valence-corrected chi connectivity index (χ1v) is 8.27. The second-order valence-electron chi connectivity index (χ2n) is 6.24. The third-order valence-electron chi connectivity index (χ3n) is 4.04. The van der Waals surface area contributed by atoms with Gasteiger partial charge in [-0.3, -0.25) is 14.4 Å². The molecule has 0 saturated carbocycles. The quantitative estimate of drug-likeness (QED) is 0.447. The molecule has 3 unspecified atom stereocenters. The number of carboxylic acid groups (broad SMARTS) is 2. The molecule has 3 atom stereocenters. The lowest BCUT2D eigenvalue weighted by atomic mass is 9.96. The third kappa shape index (κ3) is 3.44. The molecule has 3 N–H and O–H groups in total. The molecule has 2 saturated heterocycles. The van der Waals surface area contributed by atoms with Crippen LogP contribution in [0.15, 0.2) is 0 Å². The van der Waals surface area contributed by atoms with Crippen LogP contribution in [-0.4, -0.2) is 61.1 Å². The lowest BCUT2D eigenvalue weighted by Crippen LogP contribution is -2.70. The Morgan fingerprint density at radius 1 is 1.22 bits per heavy atom. The van der Waals surface area contributed by atoms with Crippen LogP contribution in [0.5, 0.6) is 0 Å². The molecule has 23 heavy (non-hydrogen) atoms. The van der Waals surface area contributed by atoms with E-state index in [1.165, 1.54) is 16.7 Å². The summed E-state index contributed by atoms with van der Waals surface area (Å²) in [5.41, 5.74) is 0. The summed E-state index contributed by atoms with van der Waals surface area (Å²) in [6.07, 6.45) is 1.00. The number of aliphatic carboxylic acids is 2. The molecule has 2 heterocycles. The van der Waals surface area contributed by atoms with E-state index in [2.05, 4.69) is 5.32 Å². The summed E-state index contributed by atoms with van der Waals surface area (Å²) in [6.45, 7) is 3.54. The molecule has 2 rings (SSSR count). The summed E-state index contributed by atoms with van der Waals surface area (Å²) < 4.78 is -0.618. The van der Waals surface area contributed by atoms with Crippen molar-refractivity contribution in [2.45, 2.75) is 61.7 Å². The summed E-state index contributed by atoms with van der Waals surface area (Å²) >= 11 is 1.37. The van der Waals surface area contributed by atoms with Crippen LogP contribution in [0.1, 0.15) is 39.5 Å². The summed E-state index contributed by atoms with van der Waals surface area (Å²) in [5.74, 6) is -2.64. The van der Waals surface area contributed by atoms with E-state index in [-0.39, 0.29) is 30.0 Å². The highest BCUT2D eigenvalue weighted by atomic mass is 32.2. The first-order chi connectivity index (χ1) is 10.6. The number of nitrogens with one attached hydrogen (secondary N) is 1. The number of hydrogen-bond acceptors (Lipinski definition) is 5. The molecular weight excluding hydrogens is 324 g/mol. The zero-order chi connectivity index (χ0) is 17.4. The molecule has 9 heteroatoms. The van der Waals surface area contributed by atoms with Gasteiger partial charge in [0.25, 0.3) is 0 Å². The van der Waals surface area contributed by atoms with Gasteiger partial charge in [-0.1, -0.05) is 0 Å². The maximum absolute atomic E-state index is 12.2. The average Bonchev–Trinajstić information content (AvgIpc) is 2.69. The minimum atomic E-state index is -1.04. The Hall–Kier alpha value is -1.77. The van der Waals surface area contributed by atoms with Gasteiger partial charge in [0.1, 0.15) is 17.5 Å². The Morgan fingerprint density at radius 2 is 1.83 bits per heavy atom. The third-order valence-corrected chi connectivity index (χ3v) is 5.61. The molecule has 0 radical (unpaired) electrons. The van der Waals surface area contributed by atoms with E-state index in [4.69, 9.17) is 5.11 Å². The topological polar surface area (TPSA) is 124 Å². The number of unbranched alkanes of at least 4 members (excludes halogenated alkanes) is 1. The van der Waals surface area contributed by atoms with E-state index in [1.54, 1.807) is 13.8 Å². The van der Waals surface area contributed by atoms with Gasteiger partial charge in [-0.25, -0.2) is 4.79 Å². The van der Waals surface area contributed by atoms with Gasteiger partial charge in [-0.15, -0.1) is 11.8 Å². The van der Waals surface area contributed by atoms with Crippen LogP contribution in [0.4, 0.5) is 0 Å². The second-order valence-corrected chi connectivity index (χ2v) is 8.02. The number of hydrogen-bond donors (Lipinski definition) is 3. The molecule has 2 amide bonds. The monoisotopic (exact) mass is 344 g/mol. The minimum absolute atomic E-state index is 0.0103. The van der Waals surface area contributed by atoms with Gasteiger partial charge in [-0.05, 0) is 26.7 Å². The van der Waals surface area contributed by atoms with Crippen LogP contribution in [0.3, 0.4) is 0 Å². The fraction of sp³-hybridized carbons (Fsp3) is 0.714. The number of nitrogens with zero attached hydrogens (tertiary/aromatic N) is 1. The smallest absolute Gasteiger partial charge is 0.327 e. The maximum Gasteiger partial charge on any atom is 0.327 e. The van der Waals surface area contributed by atoms with Crippen LogP contribution in [0.2, 0.25) is 0 Å². The van der Waals surface area contributed by atoms with E-state index in [0.717, 1.165) is 0 Å². The number of carboxylic acids is 2. The van der Waals surface area contributed by atoms with Crippen molar-refractivity contribution in [2.75, 3.05) is 0 Å². The standard InChI is InChI=1S/C14H20N2O6S/c1-14(2)10(13(21)22)16-11(20)9(12(16)23-14)15-7(17)5-3-4-6-8(18)19/h9-10,12H,3-6H2,1-2H3,(H,15,17)(H,18,19)(H,21,22). The average molecular weight is 344 g/mol. The summed E-state index contributed by atoms with van der Waals surface area (Å²) in [7, 11) is 0. The molecule has 0 aromatic carbocycles. The van der Waals surface area contributed by atoms with Crippen LogP contribution in [0, 0.1) is 0 Å². The van der Waals surface area contributed by atoms with E-state index < -0.39 is 28.8 Å². The fourth-order valence-corrected chi connectivity index (χ4v) is 4.58. The number of β-lactam (4-membered cyclic amide) rings is 1. The lowest BCUT2D eigenvalue weighted by molar-refractivity contribution is -0.161. The minimum Gasteiger partial charge on any atom is -0.481 e. The maximum atomic E-state index is 12.2. The van der Waals surface area contributed by atoms with Crippen molar-refractivity contribution in [3.05, 3.63) is 0 Å². The number of carbonyl (C=O) groups excluding carboxylic acids is 2. The number of thioether (sulfide) groups is 1. The molecule has 128 valence electrons. The van der Waals surface area contributed by atoms with Crippen molar-refractivity contribution in [3.8, 4) is 0 Å². The van der Waals surface area contributed by atoms with Crippen molar-refractivity contribution in [3.63, 3.8) is 0 Å². The van der Waals surface area contributed by atoms with Crippen molar-refractivity contribution >= 4 is 35.5 Å². The van der Waals surface area contributed by atoms with Crippen LogP contribution in [-0.2, 0) is 19.2 Å². The Kier molecular flexibility index (Phi) is 4.88. The number of fused-ring (bicyclic) bond motifs is 1. The Bertz CT molecular complexity index is 549. The number of carbonyl (C=O) groups is 4. The molecule has 0 aliphatic carbocycles. The summed E-state index contributed by atoms with van der Waals surface area (Å²) in [5, 5.41) is 20.1. The van der Waals surface area contributed by atoms with Gasteiger partial charge in [-0.2, -0.15) is 0 Å². The van der Waals surface area contributed by atoms with E-state index in [0.29, 0.717) is 12.8 Å². The number of amides is 2. The van der Waals surface area contributed by atoms with Crippen molar-refractivity contribution in [1.29, 1.82) is 0 Å². The molecule has 0 aromatic heterocycles. The molecule has 8 nitrogen and oxygen atoms in total. The molecular formula is C14H20N2O6S. The normalized spacial score (nSPS) is 28.0. The number of rotatable bonds is 7. The van der Waals surface area contributed by atoms with E-state index in [1.807, 2.05) is 0 Å². The second kappa shape index (κ2) is 6.38. The molecule has 2 fully saturated rings. The van der Waals surface area contributed by atoms with Crippen molar-refractivity contribution < 1.29 is 29.4 Å². The van der Waals surface area contributed by atoms with Crippen molar-refractivity contribution in [2.24, 2.45) is 0 Å². The molecule has 0 bridgehead atoms. The van der Waals surface area contributed by atoms with Crippen LogP contribution in [0.25, 0.3) is 0 Å². The lowest BCUT2D eigenvalue weighted by Gasteiger charge is -2.43. The first-order valence-electron chi connectivity index (χ1n) is 7.39. The Morgan fingerprint density at radius 3 is 2.39 bits per heavy atom. The molecule has 2 aliphatic heterocycles. The molecule has 0 spiro atoms. The van der Waals surface area contributed by atoms with E-state index >= 15 is 0 Å². The van der Waals surface area contributed by atoms with Gasteiger partial charge in [0.15, 0.2) is 0 Å². The Labute approximate surface area is 137 Å². The van der Waals surface area contributed by atoms with Crippen LogP contribution >= 0.6 is 11.8 Å². The molecule has 0 aromatic rings. The Balaban J connectivity index is 1.87. The van der Waals surface area contributed by atoms with Gasteiger partial charge in [0.2, 0.25) is 11.8 Å². The zero-order valence-electron chi connectivity index (χ0n) is 12.9. The van der Waals surface area contributed by atoms with Crippen LogP contribution < -0.4 is 5.32 Å². The predicted octanol–water partition coefficient (Wildman–Crippen LogP) is 0.263. The van der Waals surface area contributed by atoms with Gasteiger partial charge in [0, 0.05) is 17.6 Å². The van der Waals surface area contributed by atoms with Crippen molar-refractivity contribution in [1.82, 2.24) is 10.2 Å². The van der Waals surface area contributed by atoms with Gasteiger partial charge >= 0.3 is 11.9 Å². The zero-order valence-corrected chi connectivity index (χ0v) is 13.8. The summed E-state index contributed by atoms with van der Waals surface area (Å²) in [4.78, 5) is 47.1. The fourth-order valence-electron chi connectivity index (χ4n) is 2.95. The largest absolute Gasteiger partial charge is 0.481 e.